The largest absolute Gasteiger partial charge is 0.374 e. The summed E-state index contributed by atoms with van der Waals surface area (Å²) in [6, 6.07) is 0.609. The van der Waals surface area contributed by atoms with Crippen LogP contribution in [0.2, 0.25) is 0 Å². The lowest BCUT2D eigenvalue weighted by molar-refractivity contribution is -0.0136. The van der Waals surface area contributed by atoms with Crippen molar-refractivity contribution in [1.29, 1.82) is 0 Å². The van der Waals surface area contributed by atoms with E-state index < -0.39 is 0 Å². The van der Waals surface area contributed by atoms with Crippen molar-refractivity contribution in [2.45, 2.75) is 32.4 Å². The second-order valence-electron chi connectivity index (χ2n) is 5.44. The van der Waals surface area contributed by atoms with Gasteiger partial charge in [-0.15, -0.1) is 24.0 Å². The van der Waals surface area contributed by atoms with E-state index >= 15 is 0 Å². The fourth-order valence-electron chi connectivity index (χ4n) is 2.19. The molecule has 1 heterocycles. The summed E-state index contributed by atoms with van der Waals surface area (Å²) in [4.78, 5) is 6.93. The predicted octanol–water partition coefficient (Wildman–Crippen LogP) is 0.899. The van der Waals surface area contributed by atoms with Crippen molar-refractivity contribution in [3.05, 3.63) is 0 Å². The number of halogens is 1. The van der Waals surface area contributed by atoms with E-state index in [9.17, 15) is 0 Å². The second-order valence-corrected chi connectivity index (χ2v) is 5.44. The van der Waals surface area contributed by atoms with Crippen LogP contribution >= 0.6 is 24.0 Å². The molecule has 0 amide bonds. The fourth-order valence-corrected chi connectivity index (χ4v) is 2.19. The average Bonchev–Trinajstić information content (AvgIpc) is 3.02. The Morgan fingerprint density at radius 3 is 2.79 bits per heavy atom. The monoisotopic (exact) mass is 382 g/mol. The molecule has 0 aromatic carbocycles. The minimum Gasteiger partial charge on any atom is -0.374 e. The van der Waals surface area contributed by atoms with Gasteiger partial charge < -0.3 is 20.3 Å². The molecule has 0 radical (unpaired) electrons. The van der Waals surface area contributed by atoms with E-state index in [1.807, 2.05) is 0 Å². The van der Waals surface area contributed by atoms with Gasteiger partial charge in [-0.2, -0.15) is 0 Å². The molecule has 0 aromatic rings. The smallest absolute Gasteiger partial charge is 0.191 e. The Balaban J connectivity index is 0.00000180. The number of morpholine rings is 1. The van der Waals surface area contributed by atoms with E-state index in [0.717, 1.165) is 44.7 Å². The summed E-state index contributed by atoms with van der Waals surface area (Å²) in [6.45, 7) is 8.82. The van der Waals surface area contributed by atoms with Crippen molar-refractivity contribution in [2.75, 3.05) is 39.8 Å². The highest BCUT2D eigenvalue weighted by Crippen LogP contribution is 2.28. The number of nitrogens with zero attached hydrogens (tertiary/aromatic N) is 2. The molecule has 0 spiro atoms. The number of likely N-dealkylation sites (N-methyl/N-ethyl adjacent to an activating group) is 1. The summed E-state index contributed by atoms with van der Waals surface area (Å²) in [5, 5.41) is 6.76. The Morgan fingerprint density at radius 2 is 2.21 bits per heavy atom. The zero-order valence-electron chi connectivity index (χ0n) is 12.2. The minimum absolute atomic E-state index is 0. The first-order valence-corrected chi connectivity index (χ1v) is 7.04. The Kier molecular flexibility index (Phi) is 7.38. The summed E-state index contributed by atoms with van der Waals surface area (Å²) in [6.07, 6.45) is 1.49. The number of hydrogen-bond acceptors (Lipinski definition) is 3. The van der Waals surface area contributed by atoms with Crippen LogP contribution in [0.15, 0.2) is 4.99 Å². The maximum Gasteiger partial charge on any atom is 0.191 e. The molecule has 0 aromatic heterocycles. The van der Waals surface area contributed by atoms with E-state index in [0.29, 0.717) is 6.04 Å². The number of hydrogen-bond donors (Lipinski definition) is 2. The van der Waals surface area contributed by atoms with Crippen LogP contribution < -0.4 is 10.6 Å². The Morgan fingerprint density at radius 1 is 1.47 bits per heavy atom. The zero-order chi connectivity index (χ0) is 13.0. The van der Waals surface area contributed by atoms with Gasteiger partial charge in [-0.05, 0) is 26.3 Å². The third-order valence-corrected chi connectivity index (χ3v) is 3.57. The van der Waals surface area contributed by atoms with Crippen molar-refractivity contribution in [3.8, 4) is 0 Å². The summed E-state index contributed by atoms with van der Waals surface area (Å²) >= 11 is 0. The second kappa shape index (κ2) is 8.26. The molecule has 5 nitrogen and oxygen atoms in total. The topological polar surface area (TPSA) is 48.9 Å². The summed E-state index contributed by atoms with van der Waals surface area (Å²) in [5.41, 5.74) is 0. The van der Waals surface area contributed by atoms with Crippen molar-refractivity contribution in [3.63, 3.8) is 0 Å². The molecule has 19 heavy (non-hydrogen) atoms. The molecule has 2 rings (SSSR count). The van der Waals surface area contributed by atoms with E-state index in [1.54, 1.807) is 0 Å². The first-order chi connectivity index (χ1) is 8.69. The standard InChI is InChI=1S/C13H26N4O.HI/c1-4-14-13(16-12-7-10(12)2)15-8-11-9-17(3)5-6-18-11;/h10-12H,4-9H2,1-3H3,(H2,14,15,16);1H. The molecule has 1 saturated heterocycles. The summed E-state index contributed by atoms with van der Waals surface area (Å²) in [5.74, 6) is 1.72. The molecular weight excluding hydrogens is 355 g/mol. The lowest BCUT2D eigenvalue weighted by Gasteiger charge is -2.29. The average molecular weight is 382 g/mol. The first-order valence-electron chi connectivity index (χ1n) is 7.04. The lowest BCUT2D eigenvalue weighted by Crippen LogP contribution is -2.43. The number of aliphatic imine (C=N–C) groups is 1. The highest BCUT2D eigenvalue weighted by atomic mass is 127. The van der Waals surface area contributed by atoms with Gasteiger partial charge in [0.2, 0.25) is 0 Å². The Bertz CT molecular complexity index is 300. The molecule has 112 valence electrons. The SMILES string of the molecule is CCNC(=NCC1CN(C)CCO1)NC1CC1C.I. The lowest BCUT2D eigenvalue weighted by atomic mass is 10.3. The Labute approximate surface area is 133 Å². The maximum atomic E-state index is 5.71. The molecule has 3 unspecified atom stereocenters. The maximum absolute atomic E-state index is 5.71. The van der Waals surface area contributed by atoms with Crippen LogP contribution in [-0.2, 0) is 4.74 Å². The predicted molar refractivity (Wildman–Crippen MR) is 89.3 cm³/mol. The van der Waals surface area contributed by atoms with E-state index in [1.165, 1.54) is 6.42 Å². The van der Waals surface area contributed by atoms with Crippen LogP contribution in [0.5, 0.6) is 0 Å². The molecular formula is C13H27IN4O. The molecule has 6 heteroatoms. The number of guanidine groups is 1. The quantitative estimate of drug-likeness (QED) is 0.431. The molecule has 1 aliphatic heterocycles. The van der Waals surface area contributed by atoms with Crippen LogP contribution in [0.25, 0.3) is 0 Å². The van der Waals surface area contributed by atoms with Gasteiger partial charge in [0.15, 0.2) is 5.96 Å². The van der Waals surface area contributed by atoms with Crippen LogP contribution in [0.1, 0.15) is 20.3 Å². The van der Waals surface area contributed by atoms with Crippen LogP contribution in [0, 0.1) is 5.92 Å². The third-order valence-electron chi connectivity index (χ3n) is 3.57. The van der Waals surface area contributed by atoms with E-state index in [-0.39, 0.29) is 30.1 Å². The molecule has 2 N–H and O–H groups in total. The summed E-state index contributed by atoms with van der Waals surface area (Å²) < 4.78 is 5.71. The van der Waals surface area contributed by atoms with Gasteiger partial charge in [0, 0.05) is 25.7 Å². The van der Waals surface area contributed by atoms with Gasteiger partial charge in [0.25, 0.3) is 0 Å². The van der Waals surface area contributed by atoms with Crippen molar-refractivity contribution in [2.24, 2.45) is 10.9 Å². The number of rotatable bonds is 4. The van der Waals surface area contributed by atoms with Gasteiger partial charge in [-0.3, -0.25) is 4.99 Å². The summed E-state index contributed by atoms with van der Waals surface area (Å²) in [7, 11) is 2.13. The van der Waals surface area contributed by atoms with Gasteiger partial charge >= 0.3 is 0 Å². The number of nitrogens with one attached hydrogen (secondary N) is 2. The van der Waals surface area contributed by atoms with Crippen molar-refractivity contribution >= 4 is 29.9 Å². The fraction of sp³-hybridized carbons (Fsp3) is 0.923. The van der Waals surface area contributed by atoms with Crippen LogP contribution in [0.3, 0.4) is 0 Å². The molecule has 1 saturated carbocycles. The van der Waals surface area contributed by atoms with E-state index in [2.05, 4.69) is 41.4 Å². The zero-order valence-corrected chi connectivity index (χ0v) is 14.5. The minimum atomic E-state index is 0. The van der Waals surface area contributed by atoms with Crippen LogP contribution in [0.4, 0.5) is 0 Å². The van der Waals surface area contributed by atoms with Crippen molar-refractivity contribution in [1.82, 2.24) is 15.5 Å². The third kappa shape index (κ3) is 5.83. The number of ether oxygens (including phenoxy) is 1. The normalized spacial score (nSPS) is 31.5. The van der Waals surface area contributed by atoms with Crippen LogP contribution in [-0.4, -0.2) is 62.8 Å². The van der Waals surface area contributed by atoms with Gasteiger partial charge in [-0.1, -0.05) is 6.92 Å². The Hall–Kier alpha value is -0.0800. The first kappa shape index (κ1) is 17.0. The van der Waals surface area contributed by atoms with Gasteiger partial charge in [0.05, 0.1) is 19.3 Å². The highest BCUT2D eigenvalue weighted by Gasteiger charge is 2.33. The molecule has 1 aliphatic carbocycles. The van der Waals surface area contributed by atoms with Gasteiger partial charge in [0.1, 0.15) is 0 Å². The molecule has 0 bridgehead atoms. The van der Waals surface area contributed by atoms with Crippen molar-refractivity contribution < 1.29 is 4.74 Å². The van der Waals surface area contributed by atoms with E-state index in [4.69, 9.17) is 4.74 Å². The highest BCUT2D eigenvalue weighted by molar-refractivity contribution is 14.0. The molecule has 2 fully saturated rings. The molecule has 3 atom stereocenters. The van der Waals surface area contributed by atoms with Gasteiger partial charge in [-0.25, -0.2) is 0 Å². The molecule has 2 aliphatic rings.